The minimum absolute atomic E-state index is 0.109. The van der Waals surface area contributed by atoms with E-state index in [1.54, 1.807) is 0 Å². The summed E-state index contributed by atoms with van der Waals surface area (Å²) in [4.78, 5) is 11.3. The average Bonchev–Trinajstić information content (AvgIpc) is 2.00. The number of benzene rings is 1. The van der Waals surface area contributed by atoms with Gasteiger partial charge in [0.1, 0.15) is 0 Å². The van der Waals surface area contributed by atoms with E-state index >= 15 is 0 Å². The fourth-order valence-corrected chi connectivity index (χ4v) is 1.26. The first kappa shape index (κ1) is 9.28. The van der Waals surface area contributed by atoms with Crippen LogP contribution in [0.15, 0.2) is 21.9 Å². The highest BCUT2D eigenvalue weighted by Crippen LogP contribution is 2.27. The predicted octanol–water partition coefficient (Wildman–Crippen LogP) is 1.54. The van der Waals surface area contributed by atoms with Crippen LogP contribution >= 0.6 is 25.3 Å². The van der Waals surface area contributed by atoms with Gasteiger partial charge in [-0.25, -0.2) is 4.79 Å². The van der Waals surface area contributed by atoms with E-state index in [2.05, 4.69) is 25.3 Å². The number of nitrogens with two attached hydrogens (primary N) is 1. The van der Waals surface area contributed by atoms with Crippen molar-refractivity contribution in [1.29, 1.82) is 0 Å². The fourth-order valence-electron chi connectivity index (χ4n) is 0.768. The molecule has 64 valence electrons. The van der Waals surface area contributed by atoms with Crippen LogP contribution < -0.4 is 5.73 Å². The van der Waals surface area contributed by atoms with Crippen molar-refractivity contribution in [3.63, 3.8) is 0 Å². The Morgan fingerprint density at radius 1 is 1.33 bits per heavy atom. The van der Waals surface area contributed by atoms with Gasteiger partial charge in [-0.3, -0.25) is 0 Å². The standard InChI is InChI=1S/C7H7NO2S2/c8-4-2-1-3(7(9)10)5(11)6(4)12/h1-2,11-12H,8H2,(H,9,10). The monoisotopic (exact) mass is 201 g/mol. The van der Waals surface area contributed by atoms with Crippen LogP contribution in [0.2, 0.25) is 0 Å². The van der Waals surface area contributed by atoms with Crippen molar-refractivity contribution in [2.24, 2.45) is 0 Å². The number of carboxylic acid groups (broad SMARTS) is 1. The molecule has 0 unspecified atom stereocenters. The summed E-state index contributed by atoms with van der Waals surface area (Å²) in [6.45, 7) is 0. The highest BCUT2D eigenvalue weighted by atomic mass is 32.1. The Hall–Kier alpha value is -0.810. The third-order valence-electron chi connectivity index (χ3n) is 1.41. The molecular formula is C7H7NO2S2. The minimum atomic E-state index is -1.03. The van der Waals surface area contributed by atoms with Gasteiger partial charge in [-0.05, 0) is 12.1 Å². The predicted molar refractivity (Wildman–Crippen MR) is 52.3 cm³/mol. The van der Waals surface area contributed by atoms with Gasteiger partial charge in [-0.1, -0.05) is 0 Å². The van der Waals surface area contributed by atoms with Gasteiger partial charge in [0.25, 0.3) is 0 Å². The lowest BCUT2D eigenvalue weighted by atomic mass is 10.2. The molecule has 0 aromatic heterocycles. The summed E-state index contributed by atoms with van der Waals surface area (Å²) in [5.41, 5.74) is 6.00. The molecule has 3 nitrogen and oxygen atoms in total. The van der Waals surface area contributed by atoms with Gasteiger partial charge in [-0.2, -0.15) is 0 Å². The van der Waals surface area contributed by atoms with E-state index in [1.165, 1.54) is 12.1 Å². The Kier molecular flexibility index (Phi) is 2.54. The maximum absolute atomic E-state index is 10.6. The summed E-state index contributed by atoms with van der Waals surface area (Å²) in [6, 6.07) is 2.89. The Balaban J connectivity index is 3.36. The summed E-state index contributed by atoms with van der Waals surface area (Å²) in [7, 11) is 0. The summed E-state index contributed by atoms with van der Waals surface area (Å²) in [5, 5.41) is 8.66. The molecule has 3 N–H and O–H groups in total. The number of hydrogen-bond acceptors (Lipinski definition) is 4. The van der Waals surface area contributed by atoms with E-state index < -0.39 is 5.97 Å². The molecule has 0 radical (unpaired) electrons. The van der Waals surface area contributed by atoms with Crippen LogP contribution in [0, 0.1) is 0 Å². The van der Waals surface area contributed by atoms with Crippen LogP contribution in [0.5, 0.6) is 0 Å². The molecule has 0 aliphatic rings. The van der Waals surface area contributed by atoms with E-state index in [1.807, 2.05) is 0 Å². The van der Waals surface area contributed by atoms with Crippen LogP contribution in [0.1, 0.15) is 10.4 Å². The number of anilines is 1. The van der Waals surface area contributed by atoms with E-state index in [-0.39, 0.29) is 5.56 Å². The number of carbonyl (C=O) groups is 1. The summed E-state index contributed by atoms with van der Waals surface area (Å²) in [6.07, 6.45) is 0. The quantitative estimate of drug-likeness (QED) is 0.412. The SMILES string of the molecule is Nc1ccc(C(=O)O)c(S)c1S. The van der Waals surface area contributed by atoms with Gasteiger partial charge in [0.15, 0.2) is 0 Å². The van der Waals surface area contributed by atoms with Crippen LogP contribution in [-0.2, 0) is 0 Å². The Morgan fingerprint density at radius 3 is 2.42 bits per heavy atom. The van der Waals surface area contributed by atoms with Gasteiger partial charge >= 0.3 is 5.97 Å². The molecule has 0 aliphatic carbocycles. The highest BCUT2D eigenvalue weighted by Gasteiger charge is 2.10. The lowest BCUT2D eigenvalue weighted by molar-refractivity contribution is 0.0692. The third kappa shape index (κ3) is 1.51. The number of aromatic carboxylic acids is 1. The average molecular weight is 201 g/mol. The van der Waals surface area contributed by atoms with Crippen LogP contribution in [0.4, 0.5) is 5.69 Å². The van der Waals surface area contributed by atoms with Gasteiger partial charge in [0, 0.05) is 15.5 Å². The van der Waals surface area contributed by atoms with Gasteiger partial charge in [0.2, 0.25) is 0 Å². The zero-order valence-electron chi connectivity index (χ0n) is 5.98. The smallest absolute Gasteiger partial charge is 0.336 e. The molecule has 0 fully saturated rings. The molecule has 0 saturated carbocycles. The van der Waals surface area contributed by atoms with Crippen molar-refractivity contribution in [1.82, 2.24) is 0 Å². The van der Waals surface area contributed by atoms with Crippen molar-refractivity contribution in [3.8, 4) is 0 Å². The number of thiol groups is 2. The number of carboxylic acids is 1. The zero-order chi connectivity index (χ0) is 9.30. The van der Waals surface area contributed by atoms with Gasteiger partial charge in [-0.15, -0.1) is 25.3 Å². The first-order valence-corrected chi connectivity index (χ1v) is 3.97. The lowest BCUT2D eigenvalue weighted by Gasteiger charge is -2.04. The highest BCUT2D eigenvalue weighted by molar-refractivity contribution is 7.83. The topological polar surface area (TPSA) is 63.3 Å². The first-order chi connectivity index (χ1) is 5.54. The lowest BCUT2D eigenvalue weighted by Crippen LogP contribution is -2.00. The molecule has 1 aromatic rings. The number of nitrogen functional groups attached to an aromatic ring is 1. The third-order valence-corrected chi connectivity index (χ3v) is 2.54. The Bertz CT molecular complexity index is 338. The minimum Gasteiger partial charge on any atom is -0.478 e. The molecule has 1 aromatic carbocycles. The zero-order valence-corrected chi connectivity index (χ0v) is 7.77. The molecule has 0 bridgehead atoms. The van der Waals surface area contributed by atoms with Gasteiger partial charge < -0.3 is 10.8 Å². The first-order valence-electron chi connectivity index (χ1n) is 3.07. The molecule has 12 heavy (non-hydrogen) atoms. The van der Waals surface area contributed by atoms with Crippen molar-refractivity contribution in [2.45, 2.75) is 9.79 Å². The molecule has 1 rings (SSSR count). The van der Waals surface area contributed by atoms with Crippen molar-refractivity contribution in [3.05, 3.63) is 17.7 Å². The van der Waals surface area contributed by atoms with Crippen LogP contribution in [0.25, 0.3) is 0 Å². The Morgan fingerprint density at radius 2 is 1.92 bits per heavy atom. The maximum atomic E-state index is 10.6. The fraction of sp³-hybridized carbons (Fsp3) is 0. The molecule has 0 atom stereocenters. The second-order valence-corrected chi connectivity index (χ2v) is 3.10. The summed E-state index contributed by atoms with van der Waals surface area (Å²) < 4.78 is 0. The van der Waals surface area contributed by atoms with Crippen molar-refractivity contribution in [2.75, 3.05) is 5.73 Å². The van der Waals surface area contributed by atoms with E-state index in [4.69, 9.17) is 10.8 Å². The molecular weight excluding hydrogens is 194 g/mol. The summed E-state index contributed by atoms with van der Waals surface area (Å²) >= 11 is 7.99. The van der Waals surface area contributed by atoms with Crippen LogP contribution in [0.3, 0.4) is 0 Å². The van der Waals surface area contributed by atoms with Gasteiger partial charge in [0.05, 0.1) is 5.56 Å². The van der Waals surface area contributed by atoms with Crippen molar-refractivity contribution < 1.29 is 9.90 Å². The molecule has 0 aliphatic heterocycles. The number of hydrogen-bond donors (Lipinski definition) is 4. The molecule has 0 heterocycles. The molecule has 0 saturated heterocycles. The normalized spacial score (nSPS) is 9.83. The van der Waals surface area contributed by atoms with E-state index in [0.29, 0.717) is 15.5 Å². The largest absolute Gasteiger partial charge is 0.478 e. The molecule has 5 heteroatoms. The van der Waals surface area contributed by atoms with E-state index in [0.717, 1.165) is 0 Å². The molecule has 0 spiro atoms. The second kappa shape index (κ2) is 3.28. The number of rotatable bonds is 1. The van der Waals surface area contributed by atoms with Crippen LogP contribution in [-0.4, -0.2) is 11.1 Å². The summed E-state index contributed by atoms with van der Waals surface area (Å²) in [5.74, 6) is -1.03. The van der Waals surface area contributed by atoms with E-state index in [9.17, 15) is 4.79 Å². The Labute approximate surface area is 80.4 Å². The maximum Gasteiger partial charge on any atom is 0.336 e. The second-order valence-electron chi connectivity index (χ2n) is 2.20. The van der Waals surface area contributed by atoms with Crippen molar-refractivity contribution >= 4 is 36.9 Å². The molecule has 0 amide bonds.